The average molecular weight is 340 g/mol. The van der Waals surface area contributed by atoms with E-state index in [1.165, 1.54) is 0 Å². The Labute approximate surface area is 146 Å². The second-order valence-corrected chi connectivity index (χ2v) is 6.59. The van der Waals surface area contributed by atoms with Gasteiger partial charge in [0.05, 0.1) is 5.69 Å². The van der Waals surface area contributed by atoms with Crippen molar-refractivity contribution >= 4 is 28.5 Å². The number of amides is 1. The topological polar surface area (TPSA) is 41.9 Å². The normalized spacial score (nSPS) is 16.2. The van der Waals surface area contributed by atoms with Gasteiger partial charge in [0.1, 0.15) is 5.75 Å². The van der Waals surface area contributed by atoms with Crippen LogP contribution in [0, 0.1) is 6.92 Å². The van der Waals surface area contributed by atoms with Gasteiger partial charge in [-0.15, -0.1) is 0 Å². The van der Waals surface area contributed by atoms with Crippen LogP contribution >= 0.6 is 11.8 Å². The van der Waals surface area contributed by atoms with Crippen LogP contribution < -0.4 is 4.74 Å². The standard InChI is InChI=1S/C19H20N2O2S/c1-15-8-5-6-11-17(15)23-14-18(22)21-12-7-13-24-19(21)20-16-9-3-2-4-10-16/h2-6,8-11H,7,12-14H2,1H3. The van der Waals surface area contributed by atoms with Crippen molar-refractivity contribution in [1.82, 2.24) is 4.90 Å². The van der Waals surface area contributed by atoms with E-state index in [1.54, 1.807) is 16.7 Å². The minimum absolute atomic E-state index is 0.0270. The lowest BCUT2D eigenvalue weighted by Crippen LogP contribution is -2.41. The van der Waals surface area contributed by atoms with Gasteiger partial charge in [0.15, 0.2) is 11.8 Å². The van der Waals surface area contributed by atoms with Crippen molar-refractivity contribution in [2.24, 2.45) is 4.99 Å². The Hall–Kier alpha value is -2.27. The third kappa shape index (κ3) is 4.17. The van der Waals surface area contributed by atoms with Crippen LogP contribution in [0.15, 0.2) is 59.6 Å². The summed E-state index contributed by atoms with van der Waals surface area (Å²) in [5.74, 6) is 1.67. The smallest absolute Gasteiger partial charge is 0.266 e. The highest BCUT2D eigenvalue weighted by molar-refractivity contribution is 8.13. The number of aryl methyl sites for hydroxylation is 1. The van der Waals surface area contributed by atoms with Crippen molar-refractivity contribution in [2.75, 3.05) is 18.9 Å². The highest BCUT2D eigenvalue weighted by atomic mass is 32.2. The largest absolute Gasteiger partial charge is 0.483 e. The zero-order valence-corrected chi connectivity index (χ0v) is 14.5. The summed E-state index contributed by atoms with van der Waals surface area (Å²) in [5.41, 5.74) is 1.89. The first-order valence-electron chi connectivity index (χ1n) is 7.99. The molecule has 4 nitrogen and oxygen atoms in total. The molecule has 1 aliphatic heterocycles. The predicted molar refractivity (Wildman–Crippen MR) is 99.0 cm³/mol. The van der Waals surface area contributed by atoms with Gasteiger partial charge in [0.25, 0.3) is 5.91 Å². The molecule has 24 heavy (non-hydrogen) atoms. The lowest BCUT2D eigenvalue weighted by atomic mass is 10.2. The number of rotatable bonds is 4. The van der Waals surface area contributed by atoms with Gasteiger partial charge >= 0.3 is 0 Å². The number of ether oxygens (including phenoxy) is 1. The third-order valence-electron chi connectivity index (χ3n) is 3.71. The molecule has 124 valence electrons. The fraction of sp³-hybridized carbons (Fsp3) is 0.263. The van der Waals surface area contributed by atoms with E-state index in [0.29, 0.717) is 6.54 Å². The summed E-state index contributed by atoms with van der Waals surface area (Å²) < 4.78 is 5.69. The number of carbonyl (C=O) groups excluding carboxylic acids is 1. The lowest BCUT2D eigenvalue weighted by Gasteiger charge is -2.27. The molecule has 0 unspecified atom stereocenters. The van der Waals surface area contributed by atoms with Crippen LogP contribution in [0.3, 0.4) is 0 Å². The maximum Gasteiger partial charge on any atom is 0.266 e. The molecule has 0 bridgehead atoms. The molecule has 0 saturated carbocycles. The number of benzene rings is 2. The molecule has 1 heterocycles. The monoisotopic (exact) mass is 340 g/mol. The van der Waals surface area contributed by atoms with Crippen molar-refractivity contribution in [3.8, 4) is 5.75 Å². The Morgan fingerprint density at radius 3 is 2.71 bits per heavy atom. The summed E-state index contributed by atoms with van der Waals surface area (Å²) in [6.07, 6.45) is 0.967. The van der Waals surface area contributed by atoms with Gasteiger partial charge in [0, 0.05) is 12.3 Å². The third-order valence-corrected chi connectivity index (χ3v) is 4.78. The Morgan fingerprint density at radius 1 is 1.17 bits per heavy atom. The molecule has 5 heteroatoms. The summed E-state index contributed by atoms with van der Waals surface area (Å²) >= 11 is 1.62. The molecule has 0 spiro atoms. The van der Waals surface area contributed by atoms with Crippen molar-refractivity contribution in [1.29, 1.82) is 0 Å². The SMILES string of the molecule is Cc1ccccc1OCC(=O)N1CCCSC1=Nc1ccccc1. The van der Waals surface area contributed by atoms with E-state index in [4.69, 9.17) is 4.74 Å². The van der Waals surface area contributed by atoms with Crippen molar-refractivity contribution < 1.29 is 9.53 Å². The van der Waals surface area contributed by atoms with Crippen LogP contribution in [0.25, 0.3) is 0 Å². The second-order valence-electron chi connectivity index (χ2n) is 5.53. The number of amidine groups is 1. The number of nitrogens with zero attached hydrogens (tertiary/aromatic N) is 2. The number of para-hydroxylation sites is 2. The van der Waals surface area contributed by atoms with Crippen LogP contribution in [-0.4, -0.2) is 34.9 Å². The van der Waals surface area contributed by atoms with Gasteiger partial charge in [-0.1, -0.05) is 48.2 Å². The van der Waals surface area contributed by atoms with Gasteiger partial charge in [-0.25, -0.2) is 4.99 Å². The van der Waals surface area contributed by atoms with Gasteiger partial charge in [-0.2, -0.15) is 0 Å². The van der Waals surface area contributed by atoms with Gasteiger partial charge in [-0.3, -0.25) is 9.69 Å². The Balaban J connectivity index is 1.70. The van der Waals surface area contributed by atoms with Gasteiger partial charge < -0.3 is 4.74 Å². The van der Waals surface area contributed by atoms with Crippen LogP contribution in [-0.2, 0) is 4.79 Å². The molecular weight excluding hydrogens is 320 g/mol. The minimum Gasteiger partial charge on any atom is -0.483 e. The van der Waals surface area contributed by atoms with Crippen molar-refractivity contribution in [3.63, 3.8) is 0 Å². The first-order valence-corrected chi connectivity index (χ1v) is 8.98. The highest BCUT2D eigenvalue weighted by Crippen LogP contribution is 2.23. The molecule has 2 aromatic carbocycles. The molecule has 0 aromatic heterocycles. The first kappa shape index (κ1) is 16.6. The molecule has 1 fully saturated rings. The highest BCUT2D eigenvalue weighted by Gasteiger charge is 2.24. The fourth-order valence-corrected chi connectivity index (χ4v) is 3.41. The predicted octanol–water partition coefficient (Wildman–Crippen LogP) is 4.03. The number of hydrogen-bond acceptors (Lipinski definition) is 4. The minimum atomic E-state index is -0.0554. The summed E-state index contributed by atoms with van der Waals surface area (Å²) in [7, 11) is 0. The molecule has 0 aliphatic carbocycles. The molecule has 1 amide bonds. The molecule has 1 saturated heterocycles. The summed E-state index contributed by atoms with van der Waals surface area (Å²) in [5, 5.41) is 0.755. The first-order chi connectivity index (χ1) is 11.7. The van der Waals surface area contributed by atoms with E-state index >= 15 is 0 Å². The quantitative estimate of drug-likeness (QED) is 0.844. The summed E-state index contributed by atoms with van der Waals surface area (Å²) in [6.45, 7) is 2.69. The van der Waals surface area contributed by atoms with Gasteiger partial charge in [0.2, 0.25) is 0 Å². The number of thioether (sulfide) groups is 1. The van der Waals surface area contributed by atoms with Crippen LogP contribution in [0.5, 0.6) is 5.75 Å². The van der Waals surface area contributed by atoms with Crippen LogP contribution in [0.1, 0.15) is 12.0 Å². The van der Waals surface area contributed by atoms with Crippen molar-refractivity contribution in [3.05, 3.63) is 60.2 Å². The Bertz CT molecular complexity index is 731. The van der Waals surface area contributed by atoms with E-state index < -0.39 is 0 Å². The van der Waals surface area contributed by atoms with E-state index in [1.807, 2.05) is 61.5 Å². The molecule has 3 rings (SSSR count). The van der Waals surface area contributed by atoms with Crippen LogP contribution in [0.2, 0.25) is 0 Å². The number of aliphatic imine (C=N–C) groups is 1. The van der Waals surface area contributed by atoms with E-state index in [-0.39, 0.29) is 12.5 Å². The van der Waals surface area contributed by atoms with E-state index in [2.05, 4.69) is 4.99 Å². The molecule has 2 aromatic rings. The zero-order chi connectivity index (χ0) is 16.8. The van der Waals surface area contributed by atoms with E-state index in [0.717, 1.165) is 34.3 Å². The lowest BCUT2D eigenvalue weighted by molar-refractivity contribution is -0.129. The maximum atomic E-state index is 12.6. The number of carbonyl (C=O) groups is 1. The fourth-order valence-electron chi connectivity index (χ4n) is 2.43. The van der Waals surface area contributed by atoms with Crippen molar-refractivity contribution in [2.45, 2.75) is 13.3 Å². The molecule has 0 N–H and O–H groups in total. The van der Waals surface area contributed by atoms with Gasteiger partial charge in [-0.05, 0) is 37.1 Å². The molecule has 0 atom stereocenters. The van der Waals surface area contributed by atoms with E-state index in [9.17, 15) is 4.79 Å². The maximum absolute atomic E-state index is 12.6. The molecule has 1 aliphatic rings. The number of hydrogen-bond donors (Lipinski definition) is 0. The average Bonchev–Trinajstić information content (AvgIpc) is 2.62. The molecular formula is C19H20N2O2S. The Morgan fingerprint density at radius 2 is 1.92 bits per heavy atom. The Kier molecular flexibility index (Phi) is 5.54. The summed E-state index contributed by atoms with van der Waals surface area (Å²) in [6, 6.07) is 17.4. The molecule has 0 radical (unpaired) electrons. The summed E-state index contributed by atoms with van der Waals surface area (Å²) in [4.78, 5) is 18.9. The second kappa shape index (κ2) is 8.02. The zero-order valence-electron chi connectivity index (χ0n) is 13.6. The van der Waals surface area contributed by atoms with Crippen LogP contribution in [0.4, 0.5) is 5.69 Å².